The van der Waals surface area contributed by atoms with Crippen LogP contribution < -0.4 is 15.5 Å². The van der Waals surface area contributed by atoms with Crippen molar-refractivity contribution in [1.29, 1.82) is 0 Å². The SMILES string of the molecule is CCc1nc(NC2CCC(=O)NC2=O)cc(N2CCC(C)CC2)n1. The number of carbonyl (C=O) groups excluding carboxylic acids is 2. The Morgan fingerprint density at radius 3 is 2.67 bits per heavy atom. The molecular formula is C17H25N5O2. The lowest BCUT2D eigenvalue weighted by molar-refractivity contribution is -0.133. The molecule has 1 atom stereocenters. The minimum absolute atomic E-state index is 0.210. The molecule has 2 saturated heterocycles. The van der Waals surface area contributed by atoms with Crippen molar-refractivity contribution in [2.45, 2.75) is 52.0 Å². The molecule has 2 fully saturated rings. The van der Waals surface area contributed by atoms with E-state index in [-0.39, 0.29) is 11.8 Å². The first-order valence-corrected chi connectivity index (χ1v) is 8.78. The normalized spacial score (nSPS) is 22.4. The standard InChI is InChI=1S/C17H25N5O2/c1-3-13-19-14(18-12-4-5-16(23)21-17(12)24)10-15(20-13)22-8-6-11(2)7-9-22/h10-12H,3-9H2,1-2H3,(H,18,19,20)(H,21,23,24). The molecule has 7 nitrogen and oxygen atoms in total. The highest BCUT2D eigenvalue weighted by atomic mass is 16.2. The highest BCUT2D eigenvalue weighted by Crippen LogP contribution is 2.24. The van der Waals surface area contributed by atoms with Gasteiger partial charge < -0.3 is 10.2 Å². The number of nitrogens with zero attached hydrogens (tertiary/aromatic N) is 3. The molecule has 3 rings (SSSR count). The lowest BCUT2D eigenvalue weighted by Crippen LogP contribution is -2.47. The van der Waals surface area contributed by atoms with Crippen molar-refractivity contribution in [3.05, 3.63) is 11.9 Å². The average Bonchev–Trinajstić information content (AvgIpc) is 2.58. The van der Waals surface area contributed by atoms with Crippen LogP contribution in [0.1, 0.15) is 45.4 Å². The Hall–Kier alpha value is -2.18. The number of hydrogen-bond donors (Lipinski definition) is 2. The molecule has 1 aromatic rings. The van der Waals surface area contributed by atoms with Gasteiger partial charge in [-0.1, -0.05) is 13.8 Å². The van der Waals surface area contributed by atoms with Gasteiger partial charge in [0.25, 0.3) is 0 Å². The summed E-state index contributed by atoms with van der Waals surface area (Å²) in [4.78, 5) is 34.6. The van der Waals surface area contributed by atoms with Crippen LogP contribution in [-0.2, 0) is 16.0 Å². The number of rotatable bonds is 4. The maximum Gasteiger partial charge on any atom is 0.249 e. The number of aryl methyl sites for hydroxylation is 1. The Bertz CT molecular complexity index is 625. The Balaban J connectivity index is 1.76. The first-order chi connectivity index (χ1) is 11.5. The van der Waals surface area contributed by atoms with E-state index in [1.807, 2.05) is 13.0 Å². The zero-order chi connectivity index (χ0) is 17.1. The van der Waals surface area contributed by atoms with Crippen molar-refractivity contribution in [2.75, 3.05) is 23.3 Å². The fourth-order valence-corrected chi connectivity index (χ4v) is 3.12. The lowest BCUT2D eigenvalue weighted by Gasteiger charge is -2.31. The molecular weight excluding hydrogens is 306 g/mol. The Labute approximate surface area is 142 Å². The maximum atomic E-state index is 11.9. The number of nitrogens with one attached hydrogen (secondary N) is 2. The molecule has 7 heteroatoms. The fraction of sp³-hybridized carbons (Fsp3) is 0.647. The molecule has 24 heavy (non-hydrogen) atoms. The van der Waals surface area contributed by atoms with Crippen molar-refractivity contribution < 1.29 is 9.59 Å². The second-order valence-corrected chi connectivity index (χ2v) is 6.70. The van der Waals surface area contributed by atoms with Crippen molar-refractivity contribution in [1.82, 2.24) is 15.3 Å². The number of imide groups is 1. The van der Waals surface area contributed by atoms with Crippen molar-refractivity contribution in [2.24, 2.45) is 5.92 Å². The van der Waals surface area contributed by atoms with Gasteiger partial charge in [0.2, 0.25) is 11.8 Å². The molecule has 0 aliphatic carbocycles. The molecule has 3 heterocycles. The molecule has 1 unspecified atom stereocenters. The van der Waals surface area contributed by atoms with Crippen LogP contribution >= 0.6 is 0 Å². The van der Waals surface area contributed by atoms with Crippen LogP contribution in [0.25, 0.3) is 0 Å². The van der Waals surface area contributed by atoms with E-state index in [4.69, 9.17) is 0 Å². The predicted molar refractivity (Wildman–Crippen MR) is 91.8 cm³/mol. The van der Waals surface area contributed by atoms with E-state index in [0.29, 0.717) is 18.7 Å². The summed E-state index contributed by atoms with van der Waals surface area (Å²) in [6, 6.07) is 1.50. The highest BCUT2D eigenvalue weighted by Gasteiger charge is 2.27. The van der Waals surface area contributed by atoms with Crippen LogP contribution in [0.3, 0.4) is 0 Å². The molecule has 130 valence electrons. The van der Waals surface area contributed by atoms with Gasteiger partial charge in [-0.25, -0.2) is 9.97 Å². The number of carbonyl (C=O) groups is 2. The Morgan fingerprint density at radius 2 is 2.00 bits per heavy atom. The van der Waals surface area contributed by atoms with Gasteiger partial charge in [0.1, 0.15) is 23.5 Å². The van der Waals surface area contributed by atoms with Gasteiger partial charge in [-0.3, -0.25) is 14.9 Å². The zero-order valence-electron chi connectivity index (χ0n) is 14.3. The summed E-state index contributed by atoms with van der Waals surface area (Å²) >= 11 is 0. The molecule has 2 aliphatic heterocycles. The maximum absolute atomic E-state index is 11.9. The van der Waals surface area contributed by atoms with Crippen molar-refractivity contribution >= 4 is 23.5 Å². The van der Waals surface area contributed by atoms with E-state index in [9.17, 15) is 9.59 Å². The van der Waals surface area contributed by atoms with Crippen LogP contribution in [0.15, 0.2) is 6.07 Å². The van der Waals surface area contributed by atoms with Crippen LogP contribution in [-0.4, -0.2) is 40.9 Å². The summed E-state index contributed by atoms with van der Waals surface area (Å²) in [7, 11) is 0. The summed E-state index contributed by atoms with van der Waals surface area (Å²) in [6.45, 7) is 6.30. The highest BCUT2D eigenvalue weighted by molar-refractivity contribution is 6.01. The molecule has 0 radical (unpaired) electrons. The average molecular weight is 331 g/mol. The molecule has 2 aliphatic rings. The van der Waals surface area contributed by atoms with Gasteiger partial charge in [-0.2, -0.15) is 0 Å². The largest absolute Gasteiger partial charge is 0.358 e. The summed E-state index contributed by atoms with van der Waals surface area (Å²) in [6.07, 6.45) is 3.92. The summed E-state index contributed by atoms with van der Waals surface area (Å²) < 4.78 is 0. The first kappa shape index (κ1) is 16.7. The van der Waals surface area contributed by atoms with Gasteiger partial charge in [0.05, 0.1) is 0 Å². The number of piperidine rings is 2. The van der Waals surface area contributed by atoms with E-state index in [0.717, 1.165) is 37.1 Å². The Kier molecular flexibility index (Phi) is 4.97. The zero-order valence-corrected chi connectivity index (χ0v) is 14.3. The number of anilines is 2. The first-order valence-electron chi connectivity index (χ1n) is 8.78. The summed E-state index contributed by atoms with van der Waals surface area (Å²) in [5, 5.41) is 5.54. The number of aromatic nitrogens is 2. The summed E-state index contributed by atoms with van der Waals surface area (Å²) in [5.41, 5.74) is 0. The van der Waals surface area contributed by atoms with Crippen LogP contribution in [0.4, 0.5) is 11.6 Å². The lowest BCUT2D eigenvalue weighted by atomic mass is 9.99. The van der Waals surface area contributed by atoms with Gasteiger partial charge in [-0.05, 0) is 25.2 Å². The van der Waals surface area contributed by atoms with Crippen molar-refractivity contribution in [3.63, 3.8) is 0 Å². The third kappa shape index (κ3) is 3.83. The van der Waals surface area contributed by atoms with E-state index in [1.54, 1.807) is 0 Å². The molecule has 0 spiro atoms. The van der Waals surface area contributed by atoms with Gasteiger partial charge in [-0.15, -0.1) is 0 Å². The molecule has 2 amide bonds. The van der Waals surface area contributed by atoms with Gasteiger partial charge >= 0.3 is 0 Å². The predicted octanol–water partition coefficient (Wildman–Crippen LogP) is 1.49. The molecule has 0 aromatic carbocycles. The molecule has 0 bridgehead atoms. The van der Waals surface area contributed by atoms with Crippen LogP contribution in [0, 0.1) is 5.92 Å². The van der Waals surface area contributed by atoms with Gasteiger partial charge in [0.15, 0.2) is 0 Å². The second-order valence-electron chi connectivity index (χ2n) is 6.70. The summed E-state index contributed by atoms with van der Waals surface area (Å²) in [5.74, 6) is 2.61. The van der Waals surface area contributed by atoms with E-state index in [1.165, 1.54) is 12.8 Å². The van der Waals surface area contributed by atoms with E-state index in [2.05, 4.69) is 32.4 Å². The third-order valence-electron chi connectivity index (χ3n) is 4.74. The molecule has 2 N–H and O–H groups in total. The van der Waals surface area contributed by atoms with Gasteiger partial charge in [0, 0.05) is 32.0 Å². The smallest absolute Gasteiger partial charge is 0.249 e. The van der Waals surface area contributed by atoms with Crippen LogP contribution in [0.5, 0.6) is 0 Å². The topological polar surface area (TPSA) is 87.2 Å². The molecule has 0 saturated carbocycles. The Morgan fingerprint density at radius 1 is 1.25 bits per heavy atom. The van der Waals surface area contributed by atoms with E-state index >= 15 is 0 Å². The third-order valence-corrected chi connectivity index (χ3v) is 4.74. The monoisotopic (exact) mass is 331 g/mol. The second kappa shape index (κ2) is 7.15. The van der Waals surface area contributed by atoms with Crippen LogP contribution in [0.2, 0.25) is 0 Å². The fourth-order valence-electron chi connectivity index (χ4n) is 3.12. The minimum Gasteiger partial charge on any atom is -0.358 e. The number of amides is 2. The minimum atomic E-state index is -0.420. The quantitative estimate of drug-likeness (QED) is 0.813. The van der Waals surface area contributed by atoms with E-state index < -0.39 is 6.04 Å². The number of hydrogen-bond acceptors (Lipinski definition) is 6. The molecule has 1 aromatic heterocycles. The van der Waals surface area contributed by atoms with Crippen molar-refractivity contribution in [3.8, 4) is 0 Å².